The van der Waals surface area contributed by atoms with Crippen molar-refractivity contribution < 1.29 is 9.76 Å². The van der Waals surface area contributed by atoms with Crippen molar-refractivity contribution in [2.75, 3.05) is 0 Å². The van der Waals surface area contributed by atoms with E-state index in [-0.39, 0.29) is 5.69 Å². The van der Waals surface area contributed by atoms with Crippen LogP contribution in [0.15, 0.2) is 29.4 Å². The van der Waals surface area contributed by atoms with Gasteiger partial charge in [0.1, 0.15) is 0 Å². The van der Waals surface area contributed by atoms with Gasteiger partial charge in [-0.05, 0) is 43.2 Å². The fourth-order valence-corrected chi connectivity index (χ4v) is 3.28. The first-order valence-corrected chi connectivity index (χ1v) is 7.14. The fraction of sp³-hybridized carbons (Fsp3) is 0.533. The molecule has 0 radical (unpaired) electrons. The molecule has 0 saturated heterocycles. The van der Waals surface area contributed by atoms with Crippen molar-refractivity contribution in [2.45, 2.75) is 44.9 Å². The molecule has 0 heterocycles. The maximum Gasteiger partial charge on any atom is 0.269 e. The van der Waals surface area contributed by atoms with Gasteiger partial charge in [-0.3, -0.25) is 10.1 Å². The summed E-state index contributed by atoms with van der Waals surface area (Å²) in [6.45, 7) is 0. The fourth-order valence-electron chi connectivity index (χ4n) is 3.28. The molecule has 0 unspecified atom stereocenters. The van der Waals surface area contributed by atoms with Crippen molar-refractivity contribution in [1.82, 2.24) is 0 Å². The van der Waals surface area contributed by atoms with Crippen LogP contribution in [0.1, 0.15) is 44.9 Å². The molecule has 2 saturated carbocycles. The first kappa shape index (κ1) is 13.1. The number of hydrogen-bond acceptors (Lipinski definition) is 4. The summed E-state index contributed by atoms with van der Waals surface area (Å²) < 4.78 is 0. The van der Waals surface area contributed by atoms with Crippen molar-refractivity contribution in [2.24, 2.45) is 10.6 Å². The Morgan fingerprint density at radius 3 is 2.35 bits per heavy atom. The van der Waals surface area contributed by atoms with Crippen molar-refractivity contribution in [3.63, 3.8) is 0 Å². The van der Waals surface area contributed by atoms with E-state index in [2.05, 4.69) is 5.16 Å². The summed E-state index contributed by atoms with van der Waals surface area (Å²) in [6.07, 6.45) is 8.81. The van der Waals surface area contributed by atoms with E-state index >= 15 is 0 Å². The third-order valence-electron chi connectivity index (χ3n) is 4.40. The second kappa shape index (κ2) is 5.23. The van der Waals surface area contributed by atoms with Crippen molar-refractivity contribution >= 4 is 11.4 Å². The van der Waals surface area contributed by atoms with Crippen LogP contribution in [0.4, 0.5) is 5.69 Å². The average molecular weight is 274 g/mol. The highest BCUT2D eigenvalue weighted by molar-refractivity contribution is 5.91. The van der Waals surface area contributed by atoms with E-state index in [0.29, 0.717) is 11.2 Å². The molecule has 1 spiro atoms. The van der Waals surface area contributed by atoms with E-state index < -0.39 is 4.92 Å². The molecule has 1 aromatic rings. The van der Waals surface area contributed by atoms with Gasteiger partial charge in [-0.15, -0.1) is 0 Å². The number of nitro groups is 1. The van der Waals surface area contributed by atoms with Gasteiger partial charge in [-0.25, -0.2) is 0 Å². The van der Waals surface area contributed by atoms with E-state index in [9.17, 15) is 10.1 Å². The van der Waals surface area contributed by atoms with Gasteiger partial charge in [0, 0.05) is 12.1 Å². The molecule has 1 aromatic carbocycles. The molecule has 5 nitrogen and oxygen atoms in total. The van der Waals surface area contributed by atoms with E-state index in [4.69, 9.17) is 4.84 Å². The SMILES string of the molecule is O=[N+]([O-])c1ccc(ON=C2CC3(CCCCC3)C2)cc1. The number of nitrogens with zero attached hydrogens (tertiary/aromatic N) is 2. The largest absolute Gasteiger partial charge is 0.357 e. The van der Waals surface area contributed by atoms with Gasteiger partial charge in [0.15, 0.2) is 5.75 Å². The van der Waals surface area contributed by atoms with Crippen LogP contribution >= 0.6 is 0 Å². The van der Waals surface area contributed by atoms with Crippen LogP contribution in [0.25, 0.3) is 0 Å². The van der Waals surface area contributed by atoms with E-state index in [1.54, 1.807) is 12.1 Å². The number of nitro benzene ring substituents is 1. The minimum atomic E-state index is -0.422. The Morgan fingerprint density at radius 2 is 1.75 bits per heavy atom. The number of benzene rings is 1. The van der Waals surface area contributed by atoms with Gasteiger partial charge < -0.3 is 4.84 Å². The summed E-state index contributed by atoms with van der Waals surface area (Å²) in [5.41, 5.74) is 1.69. The second-order valence-corrected chi connectivity index (χ2v) is 5.91. The van der Waals surface area contributed by atoms with Crippen LogP contribution in [0.2, 0.25) is 0 Å². The Labute approximate surface area is 117 Å². The maximum atomic E-state index is 10.5. The van der Waals surface area contributed by atoms with E-state index in [1.165, 1.54) is 44.2 Å². The minimum absolute atomic E-state index is 0.0646. The van der Waals surface area contributed by atoms with Crippen molar-refractivity contribution in [3.05, 3.63) is 34.4 Å². The molecule has 0 aliphatic heterocycles. The highest BCUT2D eigenvalue weighted by atomic mass is 16.6. The average Bonchev–Trinajstić information content (AvgIpc) is 2.44. The van der Waals surface area contributed by atoms with Crippen LogP contribution in [-0.4, -0.2) is 10.6 Å². The van der Waals surface area contributed by atoms with Gasteiger partial charge in [0.25, 0.3) is 5.69 Å². The quantitative estimate of drug-likeness (QED) is 0.616. The summed E-state index contributed by atoms with van der Waals surface area (Å²) >= 11 is 0. The second-order valence-electron chi connectivity index (χ2n) is 5.91. The van der Waals surface area contributed by atoms with Gasteiger partial charge in [0.05, 0.1) is 10.6 Å². The third kappa shape index (κ3) is 2.66. The molecule has 20 heavy (non-hydrogen) atoms. The van der Waals surface area contributed by atoms with Crippen molar-refractivity contribution in [1.29, 1.82) is 0 Å². The molecule has 2 aliphatic rings. The monoisotopic (exact) mass is 274 g/mol. The minimum Gasteiger partial charge on any atom is -0.357 e. The Bertz CT molecular complexity index is 521. The standard InChI is InChI=1S/C15H18N2O3/c18-17(19)13-4-6-14(7-5-13)20-16-12-10-15(11-12)8-2-1-3-9-15/h4-7H,1-3,8-11H2. The highest BCUT2D eigenvalue weighted by Crippen LogP contribution is 2.50. The Hall–Kier alpha value is -1.91. The van der Waals surface area contributed by atoms with Crippen LogP contribution in [0.5, 0.6) is 5.75 Å². The number of non-ortho nitro benzene ring substituents is 1. The van der Waals surface area contributed by atoms with E-state index in [0.717, 1.165) is 18.6 Å². The summed E-state index contributed by atoms with van der Waals surface area (Å²) in [6, 6.07) is 6.02. The maximum absolute atomic E-state index is 10.5. The normalized spacial score (nSPS) is 20.3. The van der Waals surface area contributed by atoms with Crippen molar-refractivity contribution in [3.8, 4) is 5.75 Å². The van der Waals surface area contributed by atoms with Gasteiger partial charge in [0.2, 0.25) is 0 Å². The molecule has 106 valence electrons. The summed E-state index contributed by atoms with van der Waals surface area (Å²) in [7, 11) is 0. The molecule has 2 aliphatic carbocycles. The predicted molar refractivity (Wildman–Crippen MR) is 75.9 cm³/mol. The lowest BCUT2D eigenvalue weighted by molar-refractivity contribution is -0.384. The molecule has 0 amide bonds. The lowest BCUT2D eigenvalue weighted by Crippen LogP contribution is -2.39. The molecule has 0 N–H and O–H groups in total. The molecule has 0 atom stereocenters. The first-order chi connectivity index (χ1) is 9.67. The molecular weight excluding hydrogens is 256 g/mol. The highest BCUT2D eigenvalue weighted by Gasteiger charge is 2.42. The predicted octanol–water partition coefficient (Wildman–Crippen LogP) is 4.07. The zero-order valence-corrected chi connectivity index (χ0v) is 11.4. The topological polar surface area (TPSA) is 64.7 Å². The first-order valence-electron chi connectivity index (χ1n) is 7.14. The number of hydrogen-bond donors (Lipinski definition) is 0. The van der Waals surface area contributed by atoms with Crippen LogP contribution in [-0.2, 0) is 0 Å². The molecule has 0 bridgehead atoms. The Morgan fingerprint density at radius 1 is 1.10 bits per heavy atom. The Kier molecular flexibility index (Phi) is 3.42. The van der Waals surface area contributed by atoms with Gasteiger partial charge in [-0.1, -0.05) is 24.4 Å². The summed E-state index contributed by atoms with van der Waals surface area (Å²) in [5.74, 6) is 0.549. The molecular formula is C15H18N2O3. The van der Waals surface area contributed by atoms with Gasteiger partial charge in [-0.2, -0.15) is 0 Å². The van der Waals surface area contributed by atoms with E-state index in [1.807, 2.05) is 0 Å². The zero-order chi connectivity index (χ0) is 14.0. The molecule has 3 rings (SSSR count). The number of rotatable bonds is 3. The Balaban J connectivity index is 1.55. The van der Waals surface area contributed by atoms with Crippen LogP contribution in [0.3, 0.4) is 0 Å². The van der Waals surface area contributed by atoms with Crippen LogP contribution in [0, 0.1) is 15.5 Å². The summed E-state index contributed by atoms with van der Waals surface area (Å²) in [4.78, 5) is 15.5. The zero-order valence-electron chi connectivity index (χ0n) is 11.4. The third-order valence-corrected chi connectivity index (χ3v) is 4.40. The lowest BCUT2D eigenvalue weighted by Gasteiger charge is -2.45. The molecule has 5 heteroatoms. The smallest absolute Gasteiger partial charge is 0.269 e. The lowest BCUT2D eigenvalue weighted by atomic mass is 9.60. The summed E-state index contributed by atoms with van der Waals surface area (Å²) in [5, 5.41) is 14.7. The number of oxime groups is 1. The molecule has 0 aromatic heterocycles. The molecule has 2 fully saturated rings. The van der Waals surface area contributed by atoms with Crippen LogP contribution < -0.4 is 4.84 Å². The van der Waals surface area contributed by atoms with Gasteiger partial charge >= 0.3 is 0 Å².